The quantitative estimate of drug-likeness (QED) is 0.852. The fraction of sp³-hybridized carbons (Fsp3) is 0.625. The van der Waals surface area contributed by atoms with Crippen LogP contribution in [0.25, 0.3) is 0 Å². The monoisotopic (exact) mass is 262 g/mol. The molecule has 0 saturated carbocycles. The predicted molar refractivity (Wildman–Crippen MR) is 79.5 cm³/mol. The molecule has 1 N–H and O–H groups in total. The Morgan fingerprint density at radius 2 is 2.16 bits per heavy atom. The molecule has 3 nitrogen and oxygen atoms in total. The molecule has 19 heavy (non-hydrogen) atoms. The second-order valence-electron chi connectivity index (χ2n) is 5.78. The largest absolute Gasteiger partial charge is 0.496 e. The summed E-state index contributed by atoms with van der Waals surface area (Å²) in [6, 6.07) is 9.02. The van der Waals surface area contributed by atoms with Gasteiger partial charge in [-0.1, -0.05) is 32.0 Å². The van der Waals surface area contributed by atoms with Gasteiger partial charge in [0.05, 0.1) is 7.11 Å². The molecule has 0 radical (unpaired) electrons. The molecular formula is C16H26N2O. The number of hydrogen-bond acceptors (Lipinski definition) is 3. The molecule has 0 spiro atoms. The van der Waals surface area contributed by atoms with Crippen LogP contribution in [0.1, 0.15) is 25.8 Å². The third-order valence-electron chi connectivity index (χ3n) is 3.72. The van der Waals surface area contributed by atoms with Crippen LogP contribution in [0.2, 0.25) is 0 Å². The molecule has 1 fully saturated rings. The highest BCUT2D eigenvalue weighted by Gasteiger charge is 2.23. The molecule has 106 valence electrons. The maximum absolute atomic E-state index is 5.47. The van der Waals surface area contributed by atoms with Crippen LogP contribution in [-0.2, 0) is 6.54 Å². The van der Waals surface area contributed by atoms with Crippen LogP contribution >= 0.6 is 0 Å². The van der Waals surface area contributed by atoms with Crippen LogP contribution in [0.4, 0.5) is 0 Å². The van der Waals surface area contributed by atoms with Gasteiger partial charge >= 0.3 is 0 Å². The summed E-state index contributed by atoms with van der Waals surface area (Å²) >= 11 is 0. The Morgan fingerprint density at radius 1 is 1.37 bits per heavy atom. The molecule has 3 heteroatoms. The summed E-state index contributed by atoms with van der Waals surface area (Å²) in [5, 5.41) is 3.47. The van der Waals surface area contributed by atoms with Crippen molar-refractivity contribution in [2.75, 3.05) is 26.7 Å². The Bertz CT molecular complexity index is 386. The van der Waals surface area contributed by atoms with Crippen molar-refractivity contribution in [3.8, 4) is 5.75 Å². The average molecular weight is 262 g/mol. The highest BCUT2D eigenvalue weighted by Crippen LogP contribution is 2.22. The summed E-state index contributed by atoms with van der Waals surface area (Å²) in [7, 11) is 1.75. The Kier molecular flexibility index (Phi) is 5.23. The van der Waals surface area contributed by atoms with Crippen molar-refractivity contribution in [2.45, 2.75) is 32.9 Å². The summed E-state index contributed by atoms with van der Waals surface area (Å²) in [6.07, 6.45) is 1.25. The molecule has 0 aromatic heterocycles. The van der Waals surface area contributed by atoms with E-state index >= 15 is 0 Å². The van der Waals surface area contributed by atoms with E-state index in [1.54, 1.807) is 7.11 Å². The lowest BCUT2D eigenvalue weighted by atomic mass is 10.1. The first-order valence-electron chi connectivity index (χ1n) is 7.27. The fourth-order valence-electron chi connectivity index (χ4n) is 2.82. The molecule has 0 bridgehead atoms. The number of para-hydroxylation sites is 1. The normalized spacial score (nSPS) is 19.3. The number of nitrogens with one attached hydrogen (secondary N) is 1. The van der Waals surface area contributed by atoms with Crippen LogP contribution in [0.15, 0.2) is 24.3 Å². The first-order valence-corrected chi connectivity index (χ1v) is 7.27. The van der Waals surface area contributed by atoms with E-state index in [-0.39, 0.29) is 0 Å². The van der Waals surface area contributed by atoms with E-state index in [0.29, 0.717) is 12.0 Å². The topological polar surface area (TPSA) is 24.5 Å². The third-order valence-corrected chi connectivity index (χ3v) is 3.72. The molecule has 1 aromatic carbocycles. The standard InChI is InChI=1S/C16H26N2O/c1-13(2)11-18(15-8-9-17-10-15)12-14-6-4-5-7-16(14)19-3/h4-7,13,15,17H,8-12H2,1-3H3/t15-/m0/s1. The SMILES string of the molecule is COc1ccccc1CN(CC(C)C)[C@H]1CCNC1. The first kappa shape index (κ1) is 14.4. The highest BCUT2D eigenvalue weighted by atomic mass is 16.5. The Balaban J connectivity index is 2.09. The van der Waals surface area contributed by atoms with Gasteiger partial charge in [0.15, 0.2) is 0 Å². The number of rotatable bonds is 6. The molecule has 1 heterocycles. The molecule has 2 rings (SSSR count). The zero-order valence-electron chi connectivity index (χ0n) is 12.4. The highest BCUT2D eigenvalue weighted by molar-refractivity contribution is 5.33. The van der Waals surface area contributed by atoms with Crippen molar-refractivity contribution in [1.29, 1.82) is 0 Å². The first-order chi connectivity index (χ1) is 9.20. The number of hydrogen-bond donors (Lipinski definition) is 1. The zero-order chi connectivity index (χ0) is 13.7. The van der Waals surface area contributed by atoms with E-state index < -0.39 is 0 Å². The molecule has 1 saturated heterocycles. The van der Waals surface area contributed by atoms with Gasteiger partial charge < -0.3 is 10.1 Å². The summed E-state index contributed by atoms with van der Waals surface area (Å²) in [6.45, 7) is 8.96. The summed E-state index contributed by atoms with van der Waals surface area (Å²) in [4.78, 5) is 2.60. The lowest BCUT2D eigenvalue weighted by molar-refractivity contribution is 0.175. The molecule has 1 aliphatic rings. The summed E-state index contributed by atoms with van der Waals surface area (Å²) in [5.74, 6) is 1.69. The smallest absolute Gasteiger partial charge is 0.123 e. The second-order valence-corrected chi connectivity index (χ2v) is 5.78. The van der Waals surface area contributed by atoms with Crippen molar-refractivity contribution >= 4 is 0 Å². The minimum absolute atomic E-state index is 0.660. The fourth-order valence-corrected chi connectivity index (χ4v) is 2.82. The lowest BCUT2D eigenvalue weighted by Crippen LogP contribution is -2.38. The van der Waals surface area contributed by atoms with Gasteiger partial charge in [-0.15, -0.1) is 0 Å². The summed E-state index contributed by atoms with van der Waals surface area (Å²) in [5.41, 5.74) is 1.29. The van der Waals surface area contributed by atoms with E-state index in [1.165, 1.54) is 12.0 Å². The second kappa shape index (κ2) is 6.92. The van der Waals surface area contributed by atoms with Crippen LogP contribution in [0.5, 0.6) is 5.75 Å². The minimum Gasteiger partial charge on any atom is -0.496 e. The van der Waals surface area contributed by atoms with E-state index in [2.05, 4.69) is 42.3 Å². The number of nitrogens with zero attached hydrogens (tertiary/aromatic N) is 1. The maximum Gasteiger partial charge on any atom is 0.123 e. The predicted octanol–water partition coefficient (Wildman–Crippen LogP) is 2.52. The van der Waals surface area contributed by atoms with Gasteiger partial charge in [-0.3, -0.25) is 4.90 Å². The van der Waals surface area contributed by atoms with Gasteiger partial charge in [-0.25, -0.2) is 0 Å². The number of benzene rings is 1. The van der Waals surface area contributed by atoms with Crippen LogP contribution in [0, 0.1) is 5.92 Å². The van der Waals surface area contributed by atoms with Crippen molar-refractivity contribution in [3.05, 3.63) is 29.8 Å². The Morgan fingerprint density at radius 3 is 2.79 bits per heavy atom. The molecule has 1 atom stereocenters. The number of methoxy groups -OCH3 is 1. The molecule has 0 amide bonds. The summed E-state index contributed by atoms with van der Waals surface area (Å²) < 4.78 is 5.47. The van der Waals surface area contributed by atoms with E-state index in [1.807, 2.05) is 6.07 Å². The van der Waals surface area contributed by atoms with Gasteiger partial charge in [-0.2, -0.15) is 0 Å². The van der Waals surface area contributed by atoms with Gasteiger partial charge in [0.2, 0.25) is 0 Å². The third kappa shape index (κ3) is 3.95. The van der Waals surface area contributed by atoms with E-state index in [9.17, 15) is 0 Å². The van der Waals surface area contributed by atoms with Crippen molar-refractivity contribution in [3.63, 3.8) is 0 Å². The van der Waals surface area contributed by atoms with Crippen LogP contribution in [-0.4, -0.2) is 37.7 Å². The molecule has 0 aliphatic carbocycles. The Labute approximate surface area is 116 Å². The number of ether oxygens (including phenoxy) is 1. The zero-order valence-corrected chi connectivity index (χ0v) is 12.4. The van der Waals surface area contributed by atoms with Crippen molar-refractivity contribution in [1.82, 2.24) is 10.2 Å². The van der Waals surface area contributed by atoms with Crippen molar-refractivity contribution < 1.29 is 4.74 Å². The van der Waals surface area contributed by atoms with E-state index in [0.717, 1.165) is 31.9 Å². The maximum atomic E-state index is 5.47. The Hall–Kier alpha value is -1.06. The minimum atomic E-state index is 0.660. The molecule has 1 aromatic rings. The van der Waals surface area contributed by atoms with Gasteiger partial charge in [0, 0.05) is 31.2 Å². The average Bonchev–Trinajstić information content (AvgIpc) is 2.92. The molecule has 1 aliphatic heterocycles. The molecular weight excluding hydrogens is 236 g/mol. The van der Waals surface area contributed by atoms with E-state index in [4.69, 9.17) is 4.74 Å². The van der Waals surface area contributed by atoms with Gasteiger partial charge in [-0.05, 0) is 24.9 Å². The van der Waals surface area contributed by atoms with Crippen molar-refractivity contribution in [2.24, 2.45) is 5.92 Å². The van der Waals surface area contributed by atoms with Gasteiger partial charge in [0.25, 0.3) is 0 Å². The molecule has 0 unspecified atom stereocenters. The lowest BCUT2D eigenvalue weighted by Gasteiger charge is -2.30. The van der Waals surface area contributed by atoms with Gasteiger partial charge in [0.1, 0.15) is 5.75 Å². The van der Waals surface area contributed by atoms with Crippen LogP contribution < -0.4 is 10.1 Å². The van der Waals surface area contributed by atoms with Crippen LogP contribution in [0.3, 0.4) is 0 Å².